The van der Waals surface area contributed by atoms with Crippen molar-refractivity contribution in [1.29, 1.82) is 0 Å². The highest BCUT2D eigenvalue weighted by molar-refractivity contribution is 5.51. The van der Waals surface area contributed by atoms with Gasteiger partial charge in [0.15, 0.2) is 0 Å². The molecule has 20 heavy (non-hydrogen) atoms. The van der Waals surface area contributed by atoms with Crippen molar-refractivity contribution < 1.29 is 0 Å². The van der Waals surface area contributed by atoms with Gasteiger partial charge in [0.05, 0.1) is 0 Å². The van der Waals surface area contributed by atoms with Crippen LogP contribution in [0.1, 0.15) is 11.1 Å². The number of hydrogen-bond acceptors (Lipinski definition) is 1. The Balaban J connectivity index is 1.75. The van der Waals surface area contributed by atoms with Crippen molar-refractivity contribution in [3.63, 3.8) is 0 Å². The Labute approximate surface area is 119 Å². The molecule has 2 aromatic carbocycles. The average Bonchev–Trinajstić information content (AvgIpc) is 3.01. The predicted molar refractivity (Wildman–Crippen MR) is 84.3 cm³/mol. The number of aryl methyl sites for hydroxylation is 1. The van der Waals surface area contributed by atoms with Crippen LogP contribution in [0.15, 0.2) is 73.1 Å². The lowest BCUT2D eigenvalue weighted by Crippen LogP contribution is -2.01. The molecule has 0 saturated carbocycles. The zero-order valence-electron chi connectivity index (χ0n) is 11.6. The highest BCUT2D eigenvalue weighted by Gasteiger charge is 1.99. The van der Waals surface area contributed by atoms with Crippen molar-refractivity contribution >= 4 is 5.69 Å². The summed E-state index contributed by atoms with van der Waals surface area (Å²) >= 11 is 0. The minimum absolute atomic E-state index is 0.849. The molecule has 2 heteroatoms. The molecule has 0 radical (unpaired) electrons. The second kappa shape index (κ2) is 5.66. The Hall–Kier alpha value is -2.48. The van der Waals surface area contributed by atoms with Gasteiger partial charge in [0.2, 0.25) is 0 Å². The molecule has 0 aliphatic rings. The normalized spacial score (nSPS) is 10.4. The zero-order valence-corrected chi connectivity index (χ0v) is 11.6. The minimum Gasteiger partial charge on any atom is -0.381 e. The first-order chi connectivity index (χ1) is 9.83. The monoisotopic (exact) mass is 262 g/mol. The summed E-state index contributed by atoms with van der Waals surface area (Å²) in [6, 6.07) is 21.0. The van der Waals surface area contributed by atoms with Crippen molar-refractivity contribution in [2.24, 2.45) is 0 Å². The van der Waals surface area contributed by atoms with E-state index in [-0.39, 0.29) is 0 Å². The maximum Gasteiger partial charge on any atom is 0.0469 e. The largest absolute Gasteiger partial charge is 0.381 e. The standard InChI is InChI=1S/C18H18N2/c1-15-7-2-3-8-16(15)14-19-17-9-6-10-18(13-17)20-11-4-5-12-20/h2-13,19H,14H2,1H3. The predicted octanol–water partition coefficient (Wildman–Crippen LogP) is 4.40. The van der Waals surface area contributed by atoms with Gasteiger partial charge < -0.3 is 9.88 Å². The van der Waals surface area contributed by atoms with Crippen molar-refractivity contribution in [2.45, 2.75) is 13.5 Å². The number of nitrogens with zero attached hydrogens (tertiary/aromatic N) is 1. The zero-order chi connectivity index (χ0) is 13.8. The van der Waals surface area contributed by atoms with E-state index in [4.69, 9.17) is 0 Å². The van der Waals surface area contributed by atoms with E-state index in [1.807, 2.05) is 12.1 Å². The molecule has 0 atom stereocenters. The van der Waals surface area contributed by atoms with Crippen LogP contribution in [0, 0.1) is 6.92 Å². The highest BCUT2D eigenvalue weighted by Crippen LogP contribution is 2.16. The molecule has 100 valence electrons. The van der Waals surface area contributed by atoms with Crippen LogP contribution < -0.4 is 5.32 Å². The van der Waals surface area contributed by atoms with Gasteiger partial charge in [-0.3, -0.25) is 0 Å². The summed E-state index contributed by atoms with van der Waals surface area (Å²) in [7, 11) is 0. The molecule has 0 spiro atoms. The van der Waals surface area contributed by atoms with Crippen molar-refractivity contribution in [3.05, 3.63) is 84.2 Å². The molecule has 0 saturated heterocycles. The summed E-state index contributed by atoms with van der Waals surface area (Å²) in [6.45, 7) is 3.00. The van der Waals surface area contributed by atoms with E-state index >= 15 is 0 Å². The van der Waals surface area contributed by atoms with Gasteiger partial charge in [-0.2, -0.15) is 0 Å². The van der Waals surface area contributed by atoms with Gasteiger partial charge in [-0.1, -0.05) is 30.3 Å². The number of nitrogens with one attached hydrogen (secondary N) is 1. The lowest BCUT2D eigenvalue weighted by Gasteiger charge is -2.11. The molecule has 1 N–H and O–H groups in total. The molecule has 0 bridgehead atoms. The van der Waals surface area contributed by atoms with E-state index in [0.29, 0.717) is 0 Å². The minimum atomic E-state index is 0.849. The molecule has 0 aliphatic carbocycles. The second-order valence-electron chi connectivity index (χ2n) is 4.92. The Morgan fingerprint density at radius 3 is 2.50 bits per heavy atom. The first kappa shape index (κ1) is 12.5. The average molecular weight is 262 g/mol. The second-order valence-corrected chi connectivity index (χ2v) is 4.92. The SMILES string of the molecule is Cc1ccccc1CNc1cccc(-n2cccc2)c1. The Kier molecular flexibility index (Phi) is 3.55. The third kappa shape index (κ3) is 2.75. The molecule has 0 unspecified atom stereocenters. The van der Waals surface area contributed by atoms with E-state index in [1.165, 1.54) is 16.8 Å². The van der Waals surface area contributed by atoms with Gasteiger partial charge in [0, 0.05) is 30.3 Å². The number of benzene rings is 2. The first-order valence-corrected chi connectivity index (χ1v) is 6.85. The Morgan fingerprint density at radius 1 is 0.900 bits per heavy atom. The van der Waals surface area contributed by atoms with E-state index in [2.05, 4.69) is 77.7 Å². The van der Waals surface area contributed by atoms with Gasteiger partial charge in [-0.05, 0) is 48.4 Å². The summed E-state index contributed by atoms with van der Waals surface area (Å²) in [5.41, 5.74) is 4.96. The molecule has 0 amide bonds. The number of rotatable bonds is 4. The van der Waals surface area contributed by atoms with Crippen LogP contribution >= 0.6 is 0 Å². The number of hydrogen-bond donors (Lipinski definition) is 1. The van der Waals surface area contributed by atoms with Crippen LogP contribution in [0.4, 0.5) is 5.69 Å². The first-order valence-electron chi connectivity index (χ1n) is 6.85. The van der Waals surface area contributed by atoms with Gasteiger partial charge in [0.25, 0.3) is 0 Å². The molecule has 3 aromatic rings. The molecule has 1 heterocycles. The third-order valence-corrected chi connectivity index (χ3v) is 3.49. The van der Waals surface area contributed by atoms with Gasteiger partial charge in [-0.25, -0.2) is 0 Å². The van der Waals surface area contributed by atoms with Crippen molar-refractivity contribution in [2.75, 3.05) is 5.32 Å². The van der Waals surface area contributed by atoms with Crippen LogP contribution in [-0.4, -0.2) is 4.57 Å². The van der Waals surface area contributed by atoms with E-state index in [1.54, 1.807) is 0 Å². The van der Waals surface area contributed by atoms with Gasteiger partial charge in [0.1, 0.15) is 0 Å². The van der Waals surface area contributed by atoms with Crippen LogP contribution in [0.2, 0.25) is 0 Å². The molecule has 0 aliphatic heterocycles. The maximum atomic E-state index is 3.49. The smallest absolute Gasteiger partial charge is 0.0469 e. The van der Waals surface area contributed by atoms with Crippen LogP contribution in [-0.2, 0) is 6.54 Å². The topological polar surface area (TPSA) is 17.0 Å². The van der Waals surface area contributed by atoms with E-state index in [0.717, 1.165) is 12.2 Å². The molecule has 1 aromatic heterocycles. The van der Waals surface area contributed by atoms with Crippen molar-refractivity contribution in [3.8, 4) is 5.69 Å². The Bertz CT molecular complexity index is 684. The molecule has 3 rings (SSSR count). The fourth-order valence-electron chi connectivity index (χ4n) is 2.29. The van der Waals surface area contributed by atoms with Crippen LogP contribution in [0.25, 0.3) is 5.69 Å². The van der Waals surface area contributed by atoms with Crippen LogP contribution in [0.5, 0.6) is 0 Å². The third-order valence-electron chi connectivity index (χ3n) is 3.49. The molecule has 2 nitrogen and oxygen atoms in total. The Morgan fingerprint density at radius 2 is 1.70 bits per heavy atom. The maximum absolute atomic E-state index is 3.49. The van der Waals surface area contributed by atoms with Crippen LogP contribution in [0.3, 0.4) is 0 Å². The molecule has 0 fully saturated rings. The van der Waals surface area contributed by atoms with Gasteiger partial charge in [-0.15, -0.1) is 0 Å². The summed E-state index contributed by atoms with van der Waals surface area (Å²) in [5, 5.41) is 3.49. The number of anilines is 1. The fourth-order valence-corrected chi connectivity index (χ4v) is 2.29. The highest BCUT2D eigenvalue weighted by atomic mass is 14.9. The fraction of sp³-hybridized carbons (Fsp3) is 0.111. The molecular weight excluding hydrogens is 244 g/mol. The number of aromatic nitrogens is 1. The van der Waals surface area contributed by atoms with E-state index < -0.39 is 0 Å². The van der Waals surface area contributed by atoms with Crippen molar-refractivity contribution in [1.82, 2.24) is 4.57 Å². The van der Waals surface area contributed by atoms with E-state index in [9.17, 15) is 0 Å². The summed E-state index contributed by atoms with van der Waals surface area (Å²) in [6.07, 6.45) is 4.11. The quantitative estimate of drug-likeness (QED) is 0.737. The summed E-state index contributed by atoms with van der Waals surface area (Å²) < 4.78 is 2.11. The molecular formula is C18H18N2. The lowest BCUT2D eigenvalue weighted by atomic mass is 10.1. The lowest BCUT2D eigenvalue weighted by molar-refractivity contribution is 1.07. The summed E-state index contributed by atoms with van der Waals surface area (Å²) in [5.74, 6) is 0. The van der Waals surface area contributed by atoms with Gasteiger partial charge >= 0.3 is 0 Å². The summed E-state index contributed by atoms with van der Waals surface area (Å²) in [4.78, 5) is 0.